The van der Waals surface area contributed by atoms with Crippen LogP contribution in [0.5, 0.6) is 0 Å². The molecule has 0 bridgehead atoms. The van der Waals surface area contributed by atoms with Crippen molar-refractivity contribution in [1.29, 1.82) is 0 Å². The van der Waals surface area contributed by atoms with E-state index in [1.807, 2.05) is 43.3 Å². The molecule has 0 heterocycles. The third-order valence-corrected chi connectivity index (χ3v) is 10.7. The second-order valence-electron chi connectivity index (χ2n) is 13.1. The fourth-order valence-corrected chi connectivity index (χ4v) is 7.86. The molecule has 3 saturated carbocycles. The number of hydrogen-bond acceptors (Lipinski definition) is 5. The highest BCUT2D eigenvalue weighted by Crippen LogP contribution is 2.50. The van der Waals surface area contributed by atoms with E-state index < -0.39 is 27.8 Å². The molecule has 3 fully saturated rings. The summed E-state index contributed by atoms with van der Waals surface area (Å²) in [6.07, 6.45) is 15.4. The molecule has 0 spiro atoms. The van der Waals surface area contributed by atoms with Gasteiger partial charge in [-0.3, -0.25) is 9.69 Å². The summed E-state index contributed by atoms with van der Waals surface area (Å²) in [6, 6.07) is 13.2. The standard InChI is InChI=1S/C34H46N2O5S/c1-24-9-6-7-12-28(24)30-21-26(13-16-29(30)32(37)35-31(33(38)39)17-20-42(2,40)41)23-36(27-14-15-27)34(18-8-19-34)22-25-10-4-3-5-11-25/h6-7,9,12-13,16,21,25,27,31H,3-5,8,10-11,14-15,17-20,22-23H2,1-2H3,(H,35,37)(H,38,39). The van der Waals surface area contributed by atoms with Crippen molar-refractivity contribution in [1.82, 2.24) is 10.2 Å². The van der Waals surface area contributed by atoms with Gasteiger partial charge in [0.1, 0.15) is 15.9 Å². The second-order valence-corrected chi connectivity index (χ2v) is 15.4. The SMILES string of the molecule is Cc1ccccc1-c1cc(CN(C2CC2)C2(CC3CCCCC3)CCC2)ccc1C(=O)NC(CCS(C)(=O)=O)C(=O)O. The van der Waals surface area contributed by atoms with Crippen LogP contribution in [0.25, 0.3) is 11.1 Å². The predicted molar refractivity (Wildman–Crippen MR) is 166 cm³/mol. The first-order valence-electron chi connectivity index (χ1n) is 15.7. The summed E-state index contributed by atoms with van der Waals surface area (Å²) in [5.74, 6) is -1.23. The van der Waals surface area contributed by atoms with E-state index in [0.717, 1.165) is 35.4 Å². The Morgan fingerprint density at radius 1 is 1.00 bits per heavy atom. The second kappa shape index (κ2) is 12.9. The average molecular weight is 595 g/mol. The number of nitrogens with zero attached hydrogens (tertiary/aromatic N) is 1. The van der Waals surface area contributed by atoms with E-state index >= 15 is 0 Å². The van der Waals surface area contributed by atoms with Gasteiger partial charge in [0.05, 0.1) is 5.75 Å². The number of aryl methyl sites for hydroxylation is 1. The number of carbonyl (C=O) groups excluding carboxylic acids is 1. The lowest BCUT2D eigenvalue weighted by Crippen LogP contribution is -2.55. The Balaban J connectivity index is 1.43. The first kappa shape index (κ1) is 30.7. The molecule has 0 saturated heterocycles. The Bertz CT molecular complexity index is 1390. The summed E-state index contributed by atoms with van der Waals surface area (Å²) in [5, 5.41) is 12.3. The molecule has 0 radical (unpaired) electrons. The van der Waals surface area contributed by atoms with Gasteiger partial charge in [0, 0.05) is 29.9 Å². The molecule has 2 aromatic rings. The van der Waals surface area contributed by atoms with Crippen molar-refractivity contribution < 1.29 is 23.1 Å². The highest BCUT2D eigenvalue weighted by Gasteiger charge is 2.48. The third kappa shape index (κ3) is 7.43. The number of nitrogens with one attached hydrogen (secondary N) is 1. The van der Waals surface area contributed by atoms with E-state index in [-0.39, 0.29) is 17.7 Å². The lowest BCUT2D eigenvalue weighted by atomic mass is 9.67. The molecule has 7 nitrogen and oxygen atoms in total. The maximum Gasteiger partial charge on any atom is 0.326 e. The number of carboxylic acids is 1. The van der Waals surface area contributed by atoms with Crippen LogP contribution in [0.4, 0.5) is 0 Å². The summed E-state index contributed by atoms with van der Waals surface area (Å²) in [4.78, 5) is 28.2. The van der Waals surface area contributed by atoms with Gasteiger partial charge in [-0.1, -0.05) is 62.4 Å². The normalized spacial score (nSPS) is 19.7. The molecule has 1 atom stereocenters. The van der Waals surface area contributed by atoms with E-state index in [4.69, 9.17) is 0 Å². The minimum absolute atomic E-state index is 0.183. The first-order valence-corrected chi connectivity index (χ1v) is 17.8. The number of hydrogen-bond donors (Lipinski definition) is 2. The van der Waals surface area contributed by atoms with Gasteiger partial charge in [0.2, 0.25) is 0 Å². The van der Waals surface area contributed by atoms with E-state index in [2.05, 4.69) is 16.3 Å². The van der Waals surface area contributed by atoms with Gasteiger partial charge in [-0.25, -0.2) is 13.2 Å². The maximum atomic E-state index is 13.5. The summed E-state index contributed by atoms with van der Waals surface area (Å²) >= 11 is 0. The Kier molecular flexibility index (Phi) is 9.43. The summed E-state index contributed by atoms with van der Waals surface area (Å²) in [7, 11) is -3.37. The minimum atomic E-state index is -3.37. The van der Waals surface area contributed by atoms with Crippen molar-refractivity contribution in [2.24, 2.45) is 5.92 Å². The van der Waals surface area contributed by atoms with Crippen LogP contribution in [0.3, 0.4) is 0 Å². The highest BCUT2D eigenvalue weighted by molar-refractivity contribution is 7.90. The van der Waals surface area contributed by atoms with Crippen molar-refractivity contribution in [3.8, 4) is 11.1 Å². The van der Waals surface area contributed by atoms with Gasteiger partial charge in [-0.2, -0.15) is 0 Å². The molecule has 3 aliphatic rings. The quantitative estimate of drug-likeness (QED) is 0.289. The lowest BCUT2D eigenvalue weighted by Gasteiger charge is -2.53. The van der Waals surface area contributed by atoms with E-state index in [1.54, 1.807) is 0 Å². The molecular formula is C34H46N2O5S. The van der Waals surface area contributed by atoms with Crippen LogP contribution in [0, 0.1) is 12.8 Å². The third-order valence-electron chi connectivity index (χ3n) is 9.77. The van der Waals surface area contributed by atoms with Gasteiger partial charge in [-0.15, -0.1) is 0 Å². The highest BCUT2D eigenvalue weighted by atomic mass is 32.2. The van der Waals surface area contributed by atoms with Crippen LogP contribution in [-0.4, -0.2) is 59.9 Å². The predicted octanol–water partition coefficient (Wildman–Crippen LogP) is 6.14. The lowest BCUT2D eigenvalue weighted by molar-refractivity contribution is -0.139. The molecule has 2 N–H and O–H groups in total. The van der Waals surface area contributed by atoms with Gasteiger partial charge in [0.15, 0.2) is 0 Å². The van der Waals surface area contributed by atoms with Crippen LogP contribution in [0.15, 0.2) is 42.5 Å². The average Bonchev–Trinajstić information content (AvgIpc) is 3.77. The molecule has 3 aliphatic carbocycles. The number of aliphatic carboxylic acids is 1. The Morgan fingerprint density at radius 3 is 2.31 bits per heavy atom. The smallest absolute Gasteiger partial charge is 0.326 e. The number of rotatable bonds is 13. The van der Waals surface area contributed by atoms with Gasteiger partial charge in [0.25, 0.3) is 5.91 Å². The van der Waals surface area contributed by atoms with Crippen molar-refractivity contribution >= 4 is 21.7 Å². The summed E-state index contributed by atoms with van der Waals surface area (Å²) in [5.41, 5.74) is 4.60. The molecule has 228 valence electrons. The zero-order valence-electron chi connectivity index (χ0n) is 25.1. The fourth-order valence-electron chi connectivity index (χ4n) is 7.20. The fraction of sp³-hybridized carbons (Fsp3) is 0.588. The summed E-state index contributed by atoms with van der Waals surface area (Å²) < 4.78 is 23.3. The molecule has 8 heteroatoms. The largest absolute Gasteiger partial charge is 0.480 e. The van der Waals surface area contributed by atoms with E-state index in [9.17, 15) is 23.1 Å². The van der Waals surface area contributed by atoms with Crippen LogP contribution < -0.4 is 5.32 Å². The molecule has 0 aliphatic heterocycles. The Morgan fingerprint density at radius 2 is 1.71 bits per heavy atom. The van der Waals surface area contributed by atoms with Crippen molar-refractivity contribution in [2.45, 2.75) is 108 Å². The molecular weight excluding hydrogens is 548 g/mol. The van der Waals surface area contributed by atoms with Gasteiger partial charge >= 0.3 is 5.97 Å². The first-order chi connectivity index (χ1) is 20.0. The van der Waals surface area contributed by atoms with Crippen LogP contribution in [0.1, 0.15) is 98.5 Å². The molecule has 1 amide bonds. The molecule has 0 aromatic heterocycles. The van der Waals surface area contributed by atoms with Crippen LogP contribution >= 0.6 is 0 Å². The molecule has 1 unspecified atom stereocenters. The topological polar surface area (TPSA) is 104 Å². The Hall–Kier alpha value is -2.71. The number of carboxylic acid groups (broad SMARTS) is 1. The van der Waals surface area contributed by atoms with Crippen LogP contribution in [0.2, 0.25) is 0 Å². The monoisotopic (exact) mass is 594 g/mol. The number of amides is 1. The number of carbonyl (C=O) groups is 2. The zero-order valence-corrected chi connectivity index (χ0v) is 25.9. The van der Waals surface area contributed by atoms with E-state index in [0.29, 0.717) is 11.6 Å². The maximum absolute atomic E-state index is 13.5. The minimum Gasteiger partial charge on any atom is -0.480 e. The van der Waals surface area contributed by atoms with Crippen molar-refractivity contribution in [3.05, 3.63) is 59.2 Å². The molecule has 42 heavy (non-hydrogen) atoms. The van der Waals surface area contributed by atoms with Gasteiger partial charge in [-0.05, 0) is 92.2 Å². The summed E-state index contributed by atoms with van der Waals surface area (Å²) in [6.45, 7) is 2.87. The number of benzene rings is 2. The molecule has 5 rings (SSSR count). The van der Waals surface area contributed by atoms with Crippen molar-refractivity contribution in [3.63, 3.8) is 0 Å². The van der Waals surface area contributed by atoms with Crippen molar-refractivity contribution in [2.75, 3.05) is 12.0 Å². The van der Waals surface area contributed by atoms with E-state index in [1.165, 1.54) is 76.2 Å². The molecule has 2 aromatic carbocycles. The zero-order chi connectivity index (χ0) is 29.9. The number of sulfone groups is 1. The van der Waals surface area contributed by atoms with Crippen LogP contribution in [-0.2, 0) is 21.2 Å². The van der Waals surface area contributed by atoms with Gasteiger partial charge < -0.3 is 10.4 Å². The Labute approximate surface area is 251 Å².